The number of nitrogens with one attached hydrogen (secondary N) is 1. The molecule has 2 aromatic heterocycles. The van der Waals surface area contributed by atoms with Crippen LogP contribution in [0.15, 0.2) is 30.9 Å². The molecule has 2 N–H and O–H groups in total. The third-order valence-corrected chi connectivity index (χ3v) is 4.35. The van der Waals surface area contributed by atoms with Gasteiger partial charge in [-0.2, -0.15) is 0 Å². The van der Waals surface area contributed by atoms with E-state index in [9.17, 15) is 9.59 Å². The second-order valence-electron chi connectivity index (χ2n) is 5.45. The molecule has 1 aliphatic heterocycles. The van der Waals surface area contributed by atoms with Crippen LogP contribution < -0.4 is 5.32 Å². The van der Waals surface area contributed by atoms with Crippen molar-refractivity contribution in [2.45, 2.75) is 25.2 Å². The fourth-order valence-corrected chi connectivity index (χ4v) is 2.72. The maximum Gasteiger partial charge on any atom is 0.354 e. The second kappa shape index (κ2) is 4.87. The van der Waals surface area contributed by atoms with Crippen molar-refractivity contribution in [1.82, 2.24) is 15.0 Å². The predicted molar refractivity (Wildman–Crippen MR) is 77.6 cm³/mol. The van der Waals surface area contributed by atoms with Gasteiger partial charge >= 0.3 is 5.97 Å². The van der Waals surface area contributed by atoms with E-state index in [4.69, 9.17) is 5.11 Å². The van der Waals surface area contributed by atoms with Gasteiger partial charge in [0.05, 0.1) is 5.41 Å². The molecule has 7 nitrogen and oxygen atoms in total. The summed E-state index contributed by atoms with van der Waals surface area (Å²) in [7, 11) is 0. The molecular formula is C15H14N4O3. The summed E-state index contributed by atoms with van der Waals surface area (Å²) in [5.74, 6) is -0.930. The Morgan fingerprint density at radius 3 is 2.73 bits per heavy atom. The van der Waals surface area contributed by atoms with E-state index in [0.717, 1.165) is 11.1 Å². The number of pyridine rings is 1. The number of fused-ring (bicyclic) bond motifs is 1. The van der Waals surface area contributed by atoms with Crippen molar-refractivity contribution in [3.63, 3.8) is 0 Å². The Labute approximate surface area is 126 Å². The Kier molecular flexibility index (Phi) is 3.13. The SMILES string of the molecule is CC(c1ccc(C(=O)O)nc1)[C@@]1(C)C(=O)Nc2ncncc21. The van der Waals surface area contributed by atoms with Crippen molar-refractivity contribution in [3.8, 4) is 0 Å². The molecule has 0 saturated heterocycles. The minimum absolute atomic E-state index is 0.0271. The number of hydrogen-bond donors (Lipinski definition) is 2. The molecule has 3 rings (SSSR count). The predicted octanol–water partition coefficient (Wildman–Crippen LogP) is 1.58. The highest BCUT2D eigenvalue weighted by atomic mass is 16.4. The second-order valence-corrected chi connectivity index (χ2v) is 5.45. The monoisotopic (exact) mass is 298 g/mol. The molecule has 0 saturated carbocycles. The lowest BCUT2D eigenvalue weighted by Gasteiger charge is -2.29. The van der Waals surface area contributed by atoms with E-state index in [0.29, 0.717) is 5.82 Å². The Bertz CT molecular complexity index is 760. The van der Waals surface area contributed by atoms with Gasteiger partial charge in [0.15, 0.2) is 0 Å². The fraction of sp³-hybridized carbons (Fsp3) is 0.267. The third-order valence-electron chi connectivity index (χ3n) is 4.35. The first-order chi connectivity index (χ1) is 10.4. The van der Waals surface area contributed by atoms with Gasteiger partial charge in [0.2, 0.25) is 5.91 Å². The van der Waals surface area contributed by atoms with Crippen LogP contribution in [-0.2, 0) is 10.2 Å². The van der Waals surface area contributed by atoms with Gasteiger partial charge in [-0.1, -0.05) is 13.0 Å². The number of anilines is 1. The van der Waals surface area contributed by atoms with E-state index in [1.807, 2.05) is 13.8 Å². The third kappa shape index (κ3) is 1.93. The molecule has 1 unspecified atom stereocenters. The van der Waals surface area contributed by atoms with E-state index >= 15 is 0 Å². The standard InChI is InChI=1S/C15H14N4O3/c1-8(9-3-4-11(13(20)21)17-5-9)15(2)10-6-16-7-18-12(10)19-14(15)22/h3-8H,1-2H3,(H,20,21)(H,16,18,19,22)/t8?,15-/m1/s1. The molecule has 7 heteroatoms. The highest BCUT2D eigenvalue weighted by Gasteiger charge is 2.48. The van der Waals surface area contributed by atoms with Gasteiger partial charge in [0.1, 0.15) is 17.8 Å². The highest BCUT2D eigenvalue weighted by molar-refractivity contribution is 6.05. The van der Waals surface area contributed by atoms with E-state index in [1.54, 1.807) is 12.3 Å². The van der Waals surface area contributed by atoms with Crippen LogP contribution in [-0.4, -0.2) is 31.9 Å². The summed E-state index contributed by atoms with van der Waals surface area (Å²) < 4.78 is 0. The summed E-state index contributed by atoms with van der Waals surface area (Å²) >= 11 is 0. The summed E-state index contributed by atoms with van der Waals surface area (Å²) in [5.41, 5.74) is 0.651. The molecule has 0 aromatic carbocycles. The zero-order valence-electron chi connectivity index (χ0n) is 12.1. The Morgan fingerprint density at radius 1 is 1.32 bits per heavy atom. The summed E-state index contributed by atoms with van der Waals surface area (Å²) in [6, 6.07) is 3.12. The number of amides is 1. The lowest BCUT2D eigenvalue weighted by molar-refractivity contribution is -0.120. The largest absolute Gasteiger partial charge is 0.477 e. The molecule has 1 aliphatic rings. The Hall–Kier alpha value is -2.83. The number of rotatable bonds is 3. The molecule has 0 aliphatic carbocycles. The number of nitrogens with zero attached hydrogens (tertiary/aromatic N) is 3. The van der Waals surface area contributed by atoms with Gasteiger partial charge in [-0.25, -0.2) is 19.7 Å². The lowest BCUT2D eigenvalue weighted by atomic mass is 9.71. The van der Waals surface area contributed by atoms with Gasteiger partial charge in [0, 0.05) is 23.9 Å². The van der Waals surface area contributed by atoms with Crippen molar-refractivity contribution in [2.75, 3.05) is 5.32 Å². The van der Waals surface area contributed by atoms with Gasteiger partial charge in [0.25, 0.3) is 0 Å². The molecule has 0 spiro atoms. The van der Waals surface area contributed by atoms with Gasteiger partial charge in [-0.05, 0) is 18.6 Å². The average Bonchev–Trinajstić information content (AvgIpc) is 2.79. The van der Waals surface area contributed by atoms with Gasteiger partial charge < -0.3 is 10.4 Å². The molecule has 0 bridgehead atoms. The summed E-state index contributed by atoms with van der Waals surface area (Å²) in [5, 5.41) is 11.7. The first-order valence-electron chi connectivity index (χ1n) is 6.75. The van der Waals surface area contributed by atoms with Crippen LogP contribution in [0.25, 0.3) is 0 Å². The van der Waals surface area contributed by atoms with Crippen LogP contribution >= 0.6 is 0 Å². The van der Waals surface area contributed by atoms with Crippen LogP contribution in [0, 0.1) is 0 Å². The first-order valence-corrected chi connectivity index (χ1v) is 6.75. The van der Waals surface area contributed by atoms with Crippen molar-refractivity contribution >= 4 is 17.7 Å². The number of aromatic carboxylic acids is 1. The number of carboxylic acids is 1. The van der Waals surface area contributed by atoms with E-state index in [-0.39, 0.29) is 17.5 Å². The van der Waals surface area contributed by atoms with Crippen LogP contribution in [0.2, 0.25) is 0 Å². The number of hydrogen-bond acceptors (Lipinski definition) is 5. The summed E-state index contributed by atoms with van der Waals surface area (Å²) in [6.45, 7) is 3.73. The number of carboxylic acid groups (broad SMARTS) is 1. The molecule has 2 atom stereocenters. The molecular weight excluding hydrogens is 284 g/mol. The molecule has 112 valence electrons. The summed E-state index contributed by atoms with van der Waals surface area (Å²) in [4.78, 5) is 35.3. The van der Waals surface area contributed by atoms with Crippen LogP contribution in [0.1, 0.15) is 41.4 Å². The van der Waals surface area contributed by atoms with Crippen molar-refractivity contribution in [2.24, 2.45) is 0 Å². The maximum atomic E-state index is 12.4. The summed E-state index contributed by atoms with van der Waals surface area (Å²) in [6.07, 6.45) is 4.52. The minimum atomic E-state index is -1.08. The molecule has 0 fully saturated rings. The molecule has 3 heterocycles. The molecule has 2 aromatic rings. The van der Waals surface area contributed by atoms with E-state index in [1.165, 1.54) is 18.6 Å². The van der Waals surface area contributed by atoms with Crippen LogP contribution in [0.5, 0.6) is 0 Å². The smallest absolute Gasteiger partial charge is 0.354 e. The number of carbonyl (C=O) groups excluding carboxylic acids is 1. The van der Waals surface area contributed by atoms with Gasteiger partial charge in [-0.15, -0.1) is 0 Å². The Balaban J connectivity index is 2.02. The van der Waals surface area contributed by atoms with Crippen molar-refractivity contribution in [3.05, 3.63) is 47.7 Å². The quantitative estimate of drug-likeness (QED) is 0.891. The number of aromatic nitrogens is 3. The fourth-order valence-electron chi connectivity index (χ4n) is 2.72. The van der Waals surface area contributed by atoms with Crippen molar-refractivity contribution in [1.29, 1.82) is 0 Å². The molecule has 22 heavy (non-hydrogen) atoms. The van der Waals surface area contributed by atoms with Crippen molar-refractivity contribution < 1.29 is 14.7 Å². The topological polar surface area (TPSA) is 105 Å². The normalized spacial score (nSPS) is 21.1. The van der Waals surface area contributed by atoms with E-state index in [2.05, 4.69) is 20.3 Å². The number of carbonyl (C=O) groups is 2. The average molecular weight is 298 g/mol. The minimum Gasteiger partial charge on any atom is -0.477 e. The maximum absolute atomic E-state index is 12.4. The zero-order valence-corrected chi connectivity index (χ0v) is 12.1. The zero-order chi connectivity index (χ0) is 15.9. The molecule has 1 amide bonds. The Morgan fingerprint density at radius 2 is 2.09 bits per heavy atom. The lowest BCUT2D eigenvalue weighted by Crippen LogP contribution is -2.36. The van der Waals surface area contributed by atoms with Gasteiger partial charge in [-0.3, -0.25) is 4.79 Å². The van der Waals surface area contributed by atoms with Crippen LogP contribution in [0.4, 0.5) is 5.82 Å². The van der Waals surface area contributed by atoms with E-state index < -0.39 is 11.4 Å². The molecule has 0 radical (unpaired) electrons. The van der Waals surface area contributed by atoms with Crippen LogP contribution in [0.3, 0.4) is 0 Å². The first kappa shape index (κ1) is 14.1. The highest BCUT2D eigenvalue weighted by Crippen LogP contribution is 2.45.